The van der Waals surface area contributed by atoms with E-state index in [9.17, 15) is 4.79 Å². The first-order valence-electron chi connectivity index (χ1n) is 7.59. The summed E-state index contributed by atoms with van der Waals surface area (Å²) in [4.78, 5) is 16.4. The quantitative estimate of drug-likeness (QED) is 0.773. The summed E-state index contributed by atoms with van der Waals surface area (Å²) >= 11 is 6.21. The summed E-state index contributed by atoms with van der Waals surface area (Å²) in [6.07, 6.45) is 1.89. The van der Waals surface area contributed by atoms with Crippen molar-refractivity contribution >= 4 is 23.3 Å². The number of nitrogens with one attached hydrogen (secondary N) is 1. The van der Waals surface area contributed by atoms with Gasteiger partial charge in [0, 0.05) is 23.0 Å². The van der Waals surface area contributed by atoms with Gasteiger partial charge in [0.05, 0.1) is 18.7 Å². The predicted molar refractivity (Wildman–Crippen MR) is 94.1 cm³/mol. The Balaban J connectivity index is 1.74. The van der Waals surface area contributed by atoms with Crippen LogP contribution in [0.1, 0.15) is 17.0 Å². The molecule has 1 amide bonds. The molecule has 0 aliphatic carbocycles. The first-order valence-corrected chi connectivity index (χ1v) is 7.97. The van der Waals surface area contributed by atoms with Crippen LogP contribution < -0.4 is 5.32 Å². The first kappa shape index (κ1) is 16.2. The average Bonchev–Trinajstić information content (AvgIpc) is 2.89. The van der Waals surface area contributed by atoms with E-state index in [1.54, 1.807) is 10.9 Å². The van der Waals surface area contributed by atoms with Gasteiger partial charge in [-0.1, -0.05) is 35.9 Å². The smallest absolute Gasteiger partial charge is 0.231 e. The molecule has 0 saturated carbocycles. The van der Waals surface area contributed by atoms with E-state index in [0.29, 0.717) is 17.4 Å². The zero-order chi connectivity index (χ0) is 16.9. The van der Waals surface area contributed by atoms with Gasteiger partial charge in [-0.25, -0.2) is 4.68 Å². The Morgan fingerprint density at radius 3 is 2.75 bits per heavy atom. The lowest BCUT2D eigenvalue weighted by atomic mass is 10.2. The molecule has 24 heavy (non-hydrogen) atoms. The fourth-order valence-corrected chi connectivity index (χ4v) is 2.60. The molecule has 0 aliphatic rings. The third kappa shape index (κ3) is 4.00. The summed E-state index contributed by atoms with van der Waals surface area (Å²) in [6, 6.07) is 14.9. The topological polar surface area (TPSA) is 59.8 Å². The van der Waals surface area contributed by atoms with E-state index in [0.717, 1.165) is 17.0 Å². The zero-order valence-corrected chi connectivity index (χ0v) is 14.0. The number of nitrogens with zero attached hydrogens (tertiary/aromatic N) is 3. The Kier molecular flexibility index (Phi) is 4.91. The molecule has 6 heteroatoms. The van der Waals surface area contributed by atoms with Crippen molar-refractivity contribution in [3.8, 4) is 0 Å². The molecule has 2 heterocycles. The van der Waals surface area contributed by atoms with Crippen LogP contribution in [0.4, 0.5) is 5.82 Å². The molecule has 1 N–H and O–H groups in total. The fourth-order valence-electron chi connectivity index (χ4n) is 2.41. The van der Waals surface area contributed by atoms with Crippen LogP contribution in [0.3, 0.4) is 0 Å². The van der Waals surface area contributed by atoms with Gasteiger partial charge >= 0.3 is 0 Å². The second kappa shape index (κ2) is 7.27. The SMILES string of the molecule is Cc1cc(NC(=O)Cc2ccccn2)n(Cc2ccccc2Cl)n1. The first-order chi connectivity index (χ1) is 11.6. The maximum absolute atomic E-state index is 12.2. The van der Waals surface area contributed by atoms with Crippen LogP contribution in [0.25, 0.3) is 0 Å². The summed E-state index contributed by atoms with van der Waals surface area (Å²) in [5, 5.41) is 8.01. The van der Waals surface area contributed by atoms with Crippen LogP contribution in [0.5, 0.6) is 0 Å². The highest BCUT2D eigenvalue weighted by Crippen LogP contribution is 2.19. The van der Waals surface area contributed by atoms with E-state index in [1.165, 1.54) is 0 Å². The highest BCUT2D eigenvalue weighted by Gasteiger charge is 2.12. The summed E-state index contributed by atoms with van der Waals surface area (Å²) in [7, 11) is 0. The van der Waals surface area contributed by atoms with Crippen LogP contribution in [-0.4, -0.2) is 20.7 Å². The Morgan fingerprint density at radius 2 is 2.00 bits per heavy atom. The minimum Gasteiger partial charge on any atom is -0.311 e. The molecule has 0 aliphatic heterocycles. The van der Waals surface area contributed by atoms with Crippen molar-refractivity contribution in [2.45, 2.75) is 19.9 Å². The van der Waals surface area contributed by atoms with Gasteiger partial charge in [0.25, 0.3) is 0 Å². The minimum atomic E-state index is -0.131. The number of anilines is 1. The standard InChI is InChI=1S/C18H17ClN4O/c1-13-10-17(21-18(24)11-15-7-4-5-9-20-15)23(22-13)12-14-6-2-3-8-16(14)19/h2-10H,11-12H2,1H3,(H,21,24). The van der Waals surface area contributed by atoms with Crippen molar-refractivity contribution in [1.29, 1.82) is 0 Å². The van der Waals surface area contributed by atoms with Crippen LogP contribution >= 0.6 is 11.6 Å². The number of benzene rings is 1. The average molecular weight is 341 g/mol. The summed E-state index contributed by atoms with van der Waals surface area (Å²) in [6.45, 7) is 2.38. The maximum atomic E-state index is 12.2. The number of aromatic nitrogens is 3. The second-order valence-corrected chi connectivity index (χ2v) is 5.87. The Morgan fingerprint density at radius 1 is 1.21 bits per heavy atom. The number of aryl methyl sites for hydroxylation is 1. The maximum Gasteiger partial charge on any atom is 0.231 e. The lowest BCUT2D eigenvalue weighted by molar-refractivity contribution is -0.115. The van der Waals surface area contributed by atoms with Crippen molar-refractivity contribution in [3.63, 3.8) is 0 Å². The van der Waals surface area contributed by atoms with Gasteiger partial charge in [-0.3, -0.25) is 9.78 Å². The van der Waals surface area contributed by atoms with Gasteiger partial charge < -0.3 is 5.32 Å². The molecule has 3 rings (SSSR count). The lowest BCUT2D eigenvalue weighted by Gasteiger charge is -2.10. The molecule has 0 saturated heterocycles. The third-order valence-corrected chi connectivity index (χ3v) is 3.88. The second-order valence-electron chi connectivity index (χ2n) is 5.47. The number of hydrogen-bond acceptors (Lipinski definition) is 3. The number of rotatable bonds is 5. The van der Waals surface area contributed by atoms with Gasteiger partial charge in [-0.15, -0.1) is 0 Å². The molecule has 0 unspecified atom stereocenters. The Labute approximate surface area is 145 Å². The minimum absolute atomic E-state index is 0.131. The monoisotopic (exact) mass is 340 g/mol. The lowest BCUT2D eigenvalue weighted by Crippen LogP contribution is -2.18. The van der Waals surface area contributed by atoms with Gasteiger partial charge in [-0.2, -0.15) is 5.10 Å². The van der Waals surface area contributed by atoms with E-state index in [-0.39, 0.29) is 12.3 Å². The molecule has 0 fully saturated rings. The van der Waals surface area contributed by atoms with Gasteiger partial charge in [0.15, 0.2) is 0 Å². The van der Waals surface area contributed by atoms with Crippen molar-refractivity contribution in [2.75, 3.05) is 5.32 Å². The molecular weight excluding hydrogens is 324 g/mol. The molecule has 0 spiro atoms. The molecule has 0 bridgehead atoms. The fraction of sp³-hybridized carbons (Fsp3) is 0.167. The van der Waals surface area contributed by atoms with E-state index < -0.39 is 0 Å². The third-order valence-electron chi connectivity index (χ3n) is 3.52. The summed E-state index contributed by atoms with van der Waals surface area (Å²) < 4.78 is 1.74. The molecule has 0 atom stereocenters. The number of hydrogen-bond donors (Lipinski definition) is 1. The molecule has 3 aromatic rings. The van der Waals surface area contributed by atoms with Crippen LogP contribution in [0.2, 0.25) is 5.02 Å². The summed E-state index contributed by atoms with van der Waals surface area (Å²) in [5.41, 5.74) is 2.50. The van der Waals surface area contributed by atoms with Gasteiger partial charge in [0.1, 0.15) is 5.82 Å². The molecule has 2 aromatic heterocycles. The van der Waals surface area contributed by atoms with Crippen molar-refractivity contribution < 1.29 is 4.79 Å². The van der Waals surface area contributed by atoms with Crippen molar-refractivity contribution in [2.24, 2.45) is 0 Å². The molecule has 0 radical (unpaired) electrons. The van der Waals surface area contributed by atoms with E-state index >= 15 is 0 Å². The van der Waals surface area contributed by atoms with Gasteiger partial charge in [-0.05, 0) is 30.7 Å². The van der Waals surface area contributed by atoms with E-state index in [4.69, 9.17) is 11.6 Å². The molecule has 122 valence electrons. The van der Waals surface area contributed by atoms with Crippen molar-refractivity contribution in [1.82, 2.24) is 14.8 Å². The van der Waals surface area contributed by atoms with E-state index in [2.05, 4.69) is 15.4 Å². The number of carbonyl (C=O) groups is 1. The van der Waals surface area contributed by atoms with E-state index in [1.807, 2.05) is 55.5 Å². The molecular formula is C18H17ClN4O. The van der Waals surface area contributed by atoms with Gasteiger partial charge in [0.2, 0.25) is 5.91 Å². The number of halogens is 1. The summed E-state index contributed by atoms with van der Waals surface area (Å²) in [5.74, 6) is 0.516. The number of amides is 1. The van der Waals surface area contributed by atoms with Crippen molar-refractivity contribution in [3.05, 3.63) is 76.7 Å². The molecule has 1 aromatic carbocycles. The Bertz CT molecular complexity index is 845. The normalized spacial score (nSPS) is 10.6. The largest absolute Gasteiger partial charge is 0.311 e. The predicted octanol–water partition coefficient (Wildman–Crippen LogP) is 3.47. The van der Waals surface area contributed by atoms with Crippen LogP contribution in [-0.2, 0) is 17.8 Å². The number of carbonyl (C=O) groups excluding carboxylic acids is 1. The van der Waals surface area contributed by atoms with Crippen LogP contribution in [0, 0.1) is 6.92 Å². The van der Waals surface area contributed by atoms with Crippen LogP contribution in [0.15, 0.2) is 54.7 Å². The number of pyridine rings is 1. The zero-order valence-electron chi connectivity index (χ0n) is 13.2. The highest BCUT2D eigenvalue weighted by atomic mass is 35.5. The highest BCUT2D eigenvalue weighted by molar-refractivity contribution is 6.31. The Hall–Kier alpha value is -2.66. The molecule has 5 nitrogen and oxygen atoms in total.